The van der Waals surface area contributed by atoms with Gasteiger partial charge < -0.3 is 10.1 Å². The molecule has 0 aliphatic carbocycles. The Kier molecular flexibility index (Phi) is 4.36. The van der Waals surface area contributed by atoms with E-state index in [9.17, 15) is 4.39 Å². The van der Waals surface area contributed by atoms with Gasteiger partial charge in [-0.15, -0.1) is 0 Å². The molecule has 2 nitrogen and oxygen atoms in total. The van der Waals surface area contributed by atoms with E-state index in [0.717, 1.165) is 25.1 Å². The van der Waals surface area contributed by atoms with E-state index in [1.165, 1.54) is 0 Å². The lowest BCUT2D eigenvalue weighted by molar-refractivity contribution is 0.117. The maximum Gasteiger partial charge on any atom is 0.126 e. The van der Waals surface area contributed by atoms with Gasteiger partial charge in [-0.2, -0.15) is 0 Å². The molecule has 3 atom stereocenters. The highest BCUT2D eigenvalue weighted by Gasteiger charge is 2.30. The Morgan fingerprint density at radius 1 is 1.50 bits per heavy atom. The van der Waals surface area contributed by atoms with Crippen molar-refractivity contribution in [2.45, 2.75) is 39.3 Å². The van der Waals surface area contributed by atoms with Gasteiger partial charge in [-0.25, -0.2) is 4.39 Å². The largest absolute Gasteiger partial charge is 0.378 e. The van der Waals surface area contributed by atoms with Crippen LogP contribution in [-0.4, -0.2) is 19.3 Å². The molecule has 100 valence electrons. The second kappa shape index (κ2) is 5.81. The van der Waals surface area contributed by atoms with Crippen molar-refractivity contribution < 1.29 is 9.13 Å². The number of rotatable bonds is 4. The Labute approximate surface area is 109 Å². The summed E-state index contributed by atoms with van der Waals surface area (Å²) in [6, 6.07) is 5.73. The van der Waals surface area contributed by atoms with Crippen LogP contribution in [0.15, 0.2) is 18.2 Å². The summed E-state index contributed by atoms with van der Waals surface area (Å²) < 4.78 is 19.3. The lowest BCUT2D eigenvalue weighted by atomic mass is 9.90. The Balaban J connectivity index is 2.20. The first kappa shape index (κ1) is 13.5. The molecule has 1 N–H and O–H groups in total. The van der Waals surface area contributed by atoms with Gasteiger partial charge >= 0.3 is 0 Å². The summed E-state index contributed by atoms with van der Waals surface area (Å²) in [5, 5.41) is 3.46. The van der Waals surface area contributed by atoms with Crippen LogP contribution in [0.3, 0.4) is 0 Å². The predicted octanol–water partition coefficient (Wildman–Crippen LogP) is 3.21. The van der Waals surface area contributed by atoms with Crippen molar-refractivity contribution in [2.24, 2.45) is 5.92 Å². The third kappa shape index (κ3) is 2.90. The molecule has 0 amide bonds. The quantitative estimate of drug-likeness (QED) is 0.887. The highest BCUT2D eigenvalue weighted by Crippen LogP contribution is 2.32. The first-order chi connectivity index (χ1) is 8.61. The van der Waals surface area contributed by atoms with Crippen molar-refractivity contribution in [3.05, 3.63) is 35.1 Å². The zero-order valence-electron chi connectivity index (χ0n) is 11.4. The van der Waals surface area contributed by atoms with E-state index in [0.29, 0.717) is 17.6 Å². The second-order valence-corrected chi connectivity index (χ2v) is 5.18. The summed E-state index contributed by atoms with van der Waals surface area (Å²) in [4.78, 5) is 0. The van der Waals surface area contributed by atoms with Crippen LogP contribution in [0.1, 0.15) is 37.4 Å². The molecule has 1 heterocycles. The van der Waals surface area contributed by atoms with Gasteiger partial charge in [0, 0.05) is 12.0 Å². The Hall–Kier alpha value is -0.930. The zero-order chi connectivity index (χ0) is 13.1. The summed E-state index contributed by atoms with van der Waals surface area (Å²) in [5.41, 5.74) is 1.73. The van der Waals surface area contributed by atoms with Gasteiger partial charge in [0.05, 0.1) is 12.7 Å². The Morgan fingerprint density at radius 3 is 2.83 bits per heavy atom. The predicted molar refractivity (Wildman–Crippen MR) is 71.1 cm³/mol. The van der Waals surface area contributed by atoms with Crippen molar-refractivity contribution in [3.8, 4) is 0 Å². The van der Waals surface area contributed by atoms with Gasteiger partial charge in [0.15, 0.2) is 0 Å². The summed E-state index contributed by atoms with van der Waals surface area (Å²) in [7, 11) is 0. The number of benzene rings is 1. The molecule has 0 aromatic heterocycles. The van der Waals surface area contributed by atoms with Gasteiger partial charge in [-0.3, -0.25) is 0 Å². The van der Waals surface area contributed by atoms with Crippen molar-refractivity contribution in [3.63, 3.8) is 0 Å². The van der Waals surface area contributed by atoms with E-state index in [-0.39, 0.29) is 11.9 Å². The van der Waals surface area contributed by atoms with Crippen LogP contribution in [0, 0.1) is 18.7 Å². The van der Waals surface area contributed by atoms with Gasteiger partial charge in [-0.1, -0.05) is 19.1 Å². The molecule has 0 spiro atoms. The highest BCUT2D eigenvalue weighted by atomic mass is 19.1. The number of hydrogen-bond acceptors (Lipinski definition) is 2. The smallest absolute Gasteiger partial charge is 0.126 e. The van der Waals surface area contributed by atoms with Gasteiger partial charge in [0.1, 0.15) is 5.82 Å². The number of nitrogens with one attached hydrogen (secondary N) is 1. The first-order valence-electron chi connectivity index (χ1n) is 6.72. The molecule has 1 aromatic carbocycles. The maximum atomic E-state index is 13.7. The van der Waals surface area contributed by atoms with E-state index in [4.69, 9.17) is 4.74 Å². The summed E-state index contributed by atoms with van der Waals surface area (Å²) in [6.07, 6.45) is 1.35. The second-order valence-electron chi connectivity index (χ2n) is 5.18. The Morgan fingerprint density at radius 2 is 2.28 bits per heavy atom. The molecular weight excluding hydrogens is 229 g/mol. The standard InChI is InChI=1S/C15H22FNO/c1-4-17-15(13-7-11(3)18-9-13)12-6-5-10(2)14(16)8-12/h5-6,8,11,13,15,17H,4,7,9H2,1-3H3. The molecule has 3 heteroatoms. The van der Waals surface area contributed by atoms with Crippen LogP contribution in [-0.2, 0) is 4.74 Å². The number of ether oxygens (including phenoxy) is 1. The van der Waals surface area contributed by atoms with Gasteiger partial charge in [0.25, 0.3) is 0 Å². The van der Waals surface area contributed by atoms with E-state index < -0.39 is 0 Å². The molecule has 3 unspecified atom stereocenters. The molecular formula is C15H22FNO. The molecule has 0 radical (unpaired) electrons. The normalized spacial score (nSPS) is 25.3. The fourth-order valence-electron chi connectivity index (χ4n) is 2.66. The minimum absolute atomic E-state index is 0.123. The van der Waals surface area contributed by atoms with Crippen molar-refractivity contribution >= 4 is 0 Å². The van der Waals surface area contributed by atoms with Crippen LogP contribution >= 0.6 is 0 Å². The average Bonchev–Trinajstić information content (AvgIpc) is 2.76. The van der Waals surface area contributed by atoms with E-state index >= 15 is 0 Å². The van der Waals surface area contributed by atoms with E-state index in [1.54, 1.807) is 13.0 Å². The Bertz CT molecular complexity index is 407. The lowest BCUT2D eigenvalue weighted by Gasteiger charge is -2.24. The molecule has 18 heavy (non-hydrogen) atoms. The lowest BCUT2D eigenvalue weighted by Crippen LogP contribution is -2.28. The number of hydrogen-bond donors (Lipinski definition) is 1. The van der Waals surface area contributed by atoms with Crippen LogP contribution in [0.5, 0.6) is 0 Å². The minimum Gasteiger partial charge on any atom is -0.378 e. The highest BCUT2D eigenvalue weighted by molar-refractivity contribution is 5.26. The van der Waals surface area contributed by atoms with Gasteiger partial charge in [0.2, 0.25) is 0 Å². The third-order valence-electron chi connectivity index (χ3n) is 3.68. The average molecular weight is 251 g/mol. The summed E-state index contributed by atoms with van der Waals surface area (Å²) >= 11 is 0. The van der Waals surface area contributed by atoms with Crippen LogP contribution in [0.4, 0.5) is 4.39 Å². The van der Waals surface area contributed by atoms with Crippen molar-refractivity contribution in [1.82, 2.24) is 5.32 Å². The van der Waals surface area contributed by atoms with Gasteiger partial charge in [-0.05, 0) is 44.0 Å². The summed E-state index contributed by atoms with van der Waals surface area (Å²) in [6.45, 7) is 7.61. The fourth-order valence-corrected chi connectivity index (χ4v) is 2.66. The number of aryl methyl sites for hydroxylation is 1. The van der Waals surface area contributed by atoms with E-state index in [1.807, 2.05) is 12.1 Å². The van der Waals surface area contributed by atoms with E-state index in [2.05, 4.69) is 19.2 Å². The maximum absolute atomic E-state index is 13.7. The molecule has 1 saturated heterocycles. The molecule has 1 aliphatic heterocycles. The molecule has 0 saturated carbocycles. The molecule has 2 rings (SSSR count). The molecule has 1 fully saturated rings. The van der Waals surface area contributed by atoms with Crippen LogP contribution < -0.4 is 5.32 Å². The molecule has 1 aromatic rings. The summed E-state index contributed by atoms with van der Waals surface area (Å²) in [5.74, 6) is 0.310. The topological polar surface area (TPSA) is 21.3 Å². The minimum atomic E-state index is -0.123. The number of halogens is 1. The third-order valence-corrected chi connectivity index (χ3v) is 3.68. The van der Waals surface area contributed by atoms with Crippen LogP contribution in [0.25, 0.3) is 0 Å². The molecule has 1 aliphatic rings. The SMILES string of the molecule is CCNC(c1ccc(C)c(F)c1)C1COC(C)C1. The fraction of sp³-hybridized carbons (Fsp3) is 0.600. The van der Waals surface area contributed by atoms with Crippen LogP contribution in [0.2, 0.25) is 0 Å². The van der Waals surface area contributed by atoms with Crippen molar-refractivity contribution in [1.29, 1.82) is 0 Å². The zero-order valence-corrected chi connectivity index (χ0v) is 11.4. The monoisotopic (exact) mass is 251 g/mol. The molecule has 0 bridgehead atoms. The first-order valence-corrected chi connectivity index (χ1v) is 6.72. The van der Waals surface area contributed by atoms with Crippen molar-refractivity contribution in [2.75, 3.05) is 13.2 Å².